The molecule has 1 unspecified atom stereocenters. The van der Waals surface area contributed by atoms with E-state index >= 15 is 0 Å². The highest BCUT2D eigenvalue weighted by Crippen LogP contribution is 2.18. The van der Waals surface area contributed by atoms with E-state index < -0.39 is 0 Å². The van der Waals surface area contributed by atoms with Gasteiger partial charge < -0.3 is 10.7 Å². The SMILES string of the molecule is CC(C)C(N)c1ccc[nH]c1=S. The molecule has 3 heteroatoms. The Morgan fingerprint density at radius 2 is 2.17 bits per heavy atom. The summed E-state index contributed by atoms with van der Waals surface area (Å²) in [6.07, 6.45) is 1.82. The van der Waals surface area contributed by atoms with Gasteiger partial charge in [-0.1, -0.05) is 32.1 Å². The minimum atomic E-state index is 0.0370. The summed E-state index contributed by atoms with van der Waals surface area (Å²) in [6.45, 7) is 4.18. The van der Waals surface area contributed by atoms with E-state index in [4.69, 9.17) is 18.0 Å². The van der Waals surface area contributed by atoms with Crippen LogP contribution in [0, 0.1) is 10.6 Å². The number of aromatic amines is 1. The Kier molecular flexibility index (Phi) is 3.00. The molecule has 3 N–H and O–H groups in total. The van der Waals surface area contributed by atoms with Crippen molar-refractivity contribution >= 4 is 12.2 Å². The number of hydrogen-bond acceptors (Lipinski definition) is 2. The molecule has 0 aliphatic carbocycles. The van der Waals surface area contributed by atoms with Gasteiger partial charge in [-0.25, -0.2) is 0 Å². The Balaban J connectivity index is 3.03. The normalized spacial score (nSPS) is 13.3. The van der Waals surface area contributed by atoms with Crippen LogP contribution in [0.15, 0.2) is 18.3 Å². The average molecular weight is 182 g/mol. The smallest absolute Gasteiger partial charge is 0.108 e. The van der Waals surface area contributed by atoms with Gasteiger partial charge in [-0.05, 0) is 12.0 Å². The standard InChI is InChI=1S/C9H14N2S/c1-6(2)8(10)7-4-3-5-11-9(7)12/h3-6,8H,10H2,1-2H3,(H,11,12). The molecular formula is C9H14N2S. The molecule has 0 aromatic carbocycles. The van der Waals surface area contributed by atoms with Gasteiger partial charge in [0.15, 0.2) is 0 Å². The van der Waals surface area contributed by atoms with Gasteiger partial charge in [-0.2, -0.15) is 0 Å². The van der Waals surface area contributed by atoms with E-state index in [1.807, 2.05) is 18.3 Å². The highest BCUT2D eigenvalue weighted by atomic mass is 32.1. The first-order valence-electron chi connectivity index (χ1n) is 4.06. The third-order valence-electron chi connectivity index (χ3n) is 1.93. The zero-order chi connectivity index (χ0) is 9.14. The van der Waals surface area contributed by atoms with Gasteiger partial charge in [0.25, 0.3) is 0 Å². The van der Waals surface area contributed by atoms with Gasteiger partial charge in [-0.3, -0.25) is 0 Å². The molecule has 0 radical (unpaired) electrons. The molecule has 0 aliphatic heterocycles. The van der Waals surface area contributed by atoms with Gasteiger partial charge in [0.2, 0.25) is 0 Å². The largest absolute Gasteiger partial charge is 0.353 e. The Morgan fingerprint density at radius 1 is 1.50 bits per heavy atom. The van der Waals surface area contributed by atoms with Crippen molar-refractivity contribution in [3.63, 3.8) is 0 Å². The number of nitrogens with two attached hydrogens (primary N) is 1. The zero-order valence-electron chi connectivity index (χ0n) is 7.37. The average Bonchev–Trinajstić information content (AvgIpc) is 2.04. The van der Waals surface area contributed by atoms with E-state index in [-0.39, 0.29) is 6.04 Å². The lowest BCUT2D eigenvalue weighted by Crippen LogP contribution is -2.17. The fourth-order valence-electron chi connectivity index (χ4n) is 1.06. The van der Waals surface area contributed by atoms with Crippen LogP contribution in [-0.2, 0) is 0 Å². The van der Waals surface area contributed by atoms with Gasteiger partial charge in [0.1, 0.15) is 4.64 Å². The lowest BCUT2D eigenvalue weighted by atomic mass is 9.99. The van der Waals surface area contributed by atoms with Gasteiger partial charge in [-0.15, -0.1) is 0 Å². The van der Waals surface area contributed by atoms with Gasteiger partial charge >= 0.3 is 0 Å². The second kappa shape index (κ2) is 3.83. The number of rotatable bonds is 2. The molecule has 0 saturated carbocycles. The summed E-state index contributed by atoms with van der Waals surface area (Å²) >= 11 is 5.11. The fraction of sp³-hybridized carbons (Fsp3) is 0.444. The van der Waals surface area contributed by atoms with E-state index in [2.05, 4.69) is 18.8 Å². The molecule has 66 valence electrons. The van der Waals surface area contributed by atoms with Crippen LogP contribution in [0.2, 0.25) is 0 Å². The van der Waals surface area contributed by atoms with Crippen molar-refractivity contribution in [3.8, 4) is 0 Å². The number of aromatic nitrogens is 1. The quantitative estimate of drug-likeness (QED) is 0.690. The van der Waals surface area contributed by atoms with Crippen LogP contribution >= 0.6 is 12.2 Å². The summed E-state index contributed by atoms with van der Waals surface area (Å²) in [7, 11) is 0. The third-order valence-corrected chi connectivity index (χ3v) is 2.28. The Bertz CT molecular complexity index is 303. The molecule has 1 aromatic rings. The maximum absolute atomic E-state index is 5.95. The number of H-pyrrole nitrogens is 1. The predicted molar refractivity (Wildman–Crippen MR) is 53.4 cm³/mol. The molecule has 0 bridgehead atoms. The number of nitrogens with one attached hydrogen (secondary N) is 1. The summed E-state index contributed by atoms with van der Waals surface area (Å²) in [5.41, 5.74) is 6.98. The van der Waals surface area contributed by atoms with E-state index in [0.29, 0.717) is 5.92 Å². The van der Waals surface area contributed by atoms with E-state index in [9.17, 15) is 0 Å². The first kappa shape index (κ1) is 9.42. The van der Waals surface area contributed by atoms with Crippen LogP contribution in [-0.4, -0.2) is 4.98 Å². The van der Waals surface area contributed by atoms with E-state index in [1.54, 1.807) is 0 Å². The molecule has 0 aliphatic rings. The molecule has 0 fully saturated rings. The lowest BCUT2D eigenvalue weighted by molar-refractivity contribution is 0.512. The lowest BCUT2D eigenvalue weighted by Gasteiger charge is -2.15. The predicted octanol–water partition coefficient (Wildman–Crippen LogP) is 2.40. The minimum Gasteiger partial charge on any atom is -0.353 e. The first-order valence-corrected chi connectivity index (χ1v) is 4.47. The number of pyridine rings is 1. The second-order valence-electron chi connectivity index (χ2n) is 3.22. The molecule has 0 amide bonds. The zero-order valence-corrected chi connectivity index (χ0v) is 8.19. The first-order chi connectivity index (χ1) is 5.63. The summed E-state index contributed by atoms with van der Waals surface area (Å²) in [5.74, 6) is 0.419. The molecule has 12 heavy (non-hydrogen) atoms. The van der Waals surface area contributed by atoms with Crippen LogP contribution in [0.1, 0.15) is 25.5 Å². The summed E-state index contributed by atoms with van der Waals surface area (Å²) in [4.78, 5) is 2.97. The molecule has 1 atom stereocenters. The second-order valence-corrected chi connectivity index (χ2v) is 3.63. The fourth-order valence-corrected chi connectivity index (χ4v) is 1.33. The van der Waals surface area contributed by atoms with Crippen molar-refractivity contribution in [2.45, 2.75) is 19.9 Å². The van der Waals surface area contributed by atoms with Gasteiger partial charge in [0.05, 0.1) is 0 Å². The topological polar surface area (TPSA) is 41.8 Å². The molecule has 1 heterocycles. The van der Waals surface area contributed by atoms with E-state index in [0.717, 1.165) is 10.2 Å². The van der Waals surface area contributed by atoms with Gasteiger partial charge in [0, 0.05) is 17.8 Å². The summed E-state index contributed by atoms with van der Waals surface area (Å²) in [6, 6.07) is 3.94. The monoisotopic (exact) mass is 182 g/mol. The highest BCUT2D eigenvalue weighted by molar-refractivity contribution is 7.71. The summed E-state index contributed by atoms with van der Waals surface area (Å²) < 4.78 is 0.749. The van der Waals surface area contributed by atoms with Crippen molar-refractivity contribution in [1.29, 1.82) is 0 Å². The van der Waals surface area contributed by atoms with Crippen LogP contribution in [0.3, 0.4) is 0 Å². The maximum Gasteiger partial charge on any atom is 0.108 e. The molecule has 2 nitrogen and oxygen atoms in total. The van der Waals surface area contributed by atoms with E-state index in [1.165, 1.54) is 0 Å². The number of hydrogen-bond donors (Lipinski definition) is 2. The van der Waals surface area contributed by atoms with Crippen LogP contribution in [0.25, 0.3) is 0 Å². The van der Waals surface area contributed by atoms with Crippen LogP contribution in [0.4, 0.5) is 0 Å². The Morgan fingerprint density at radius 3 is 2.67 bits per heavy atom. The van der Waals surface area contributed by atoms with Crippen molar-refractivity contribution in [1.82, 2.24) is 4.98 Å². The summed E-state index contributed by atoms with van der Waals surface area (Å²) in [5, 5.41) is 0. The Hall–Kier alpha value is -0.670. The third kappa shape index (κ3) is 1.93. The van der Waals surface area contributed by atoms with Crippen molar-refractivity contribution < 1.29 is 0 Å². The minimum absolute atomic E-state index is 0.0370. The maximum atomic E-state index is 5.95. The molecule has 1 aromatic heterocycles. The van der Waals surface area contributed by atoms with Crippen molar-refractivity contribution in [2.75, 3.05) is 0 Å². The molecule has 0 spiro atoms. The molecular weight excluding hydrogens is 168 g/mol. The van der Waals surface area contributed by atoms with Crippen LogP contribution in [0.5, 0.6) is 0 Å². The Labute approximate surface area is 77.8 Å². The van der Waals surface area contributed by atoms with Crippen molar-refractivity contribution in [2.24, 2.45) is 11.7 Å². The molecule has 0 saturated heterocycles. The molecule has 1 rings (SSSR count). The van der Waals surface area contributed by atoms with Crippen LogP contribution < -0.4 is 5.73 Å². The van der Waals surface area contributed by atoms with Crippen molar-refractivity contribution in [3.05, 3.63) is 28.5 Å². The highest BCUT2D eigenvalue weighted by Gasteiger charge is 2.10.